The quantitative estimate of drug-likeness (QED) is 0.462. The number of nitrogens with two attached hydrogens (primary N) is 1. The molecule has 1 heterocycles. The first-order chi connectivity index (χ1) is 8.90. The summed E-state index contributed by atoms with van der Waals surface area (Å²) in [5.41, 5.74) is 3.45. The van der Waals surface area contributed by atoms with Gasteiger partial charge in [0.15, 0.2) is 0 Å². The highest BCUT2D eigenvalue weighted by atomic mass is 16.3. The Bertz CT molecular complexity index is 420. The number of aliphatic hydroxyl groups is 1. The van der Waals surface area contributed by atoms with Crippen LogP contribution in [0.25, 0.3) is 0 Å². The summed E-state index contributed by atoms with van der Waals surface area (Å²) in [6.45, 7) is 10.1. The standard InChI is InChI=1S/C13H25N5O/c1-7(2)10(6-19)15-12-9(5)13(18-14)17-11(16-12)8(3)4/h7-8,10,19H,6,14H2,1-5H3,(H2,15,16,17,18)/t10-/m1/s1. The number of nitrogens with zero attached hydrogens (tertiary/aromatic N) is 2. The molecule has 1 atom stereocenters. The van der Waals surface area contributed by atoms with Gasteiger partial charge in [-0.2, -0.15) is 0 Å². The molecule has 1 rings (SSSR count). The summed E-state index contributed by atoms with van der Waals surface area (Å²) >= 11 is 0. The molecule has 0 bridgehead atoms. The third kappa shape index (κ3) is 3.78. The maximum absolute atomic E-state index is 9.41. The fraction of sp³-hybridized carbons (Fsp3) is 0.692. The molecule has 1 aromatic rings. The van der Waals surface area contributed by atoms with E-state index in [0.29, 0.717) is 11.7 Å². The highest BCUT2D eigenvalue weighted by molar-refractivity contribution is 5.57. The Hall–Kier alpha value is -1.40. The Labute approximate surface area is 114 Å². The number of nitrogens with one attached hydrogen (secondary N) is 2. The Balaban J connectivity index is 3.14. The van der Waals surface area contributed by atoms with E-state index < -0.39 is 0 Å². The van der Waals surface area contributed by atoms with Gasteiger partial charge in [-0.1, -0.05) is 27.7 Å². The molecule has 0 fully saturated rings. The fourth-order valence-electron chi connectivity index (χ4n) is 1.67. The van der Waals surface area contributed by atoms with E-state index in [9.17, 15) is 5.11 Å². The molecule has 0 aromatic carbocycles. The molecule has 0 unspecified atom stereocenters. The van der Waals surface area contributed by atoms with Crippen LogP contribution in [0.2, 0.25) is 0 Å². The van der Waals surface area contributed by atoms with Crippen LogP contribution in [0.4, 0.5) is 11.6 Å². The maximum Gasteiger partial charge on any atom is 0.148 e. The first-order valence-corrected chi connectivity index (χ1v) is 6.63. The molecule has 0 radical (unpaired) electrons. The van der Waals surface area contributed by atoms with Crippen LogP contribution in [0, 0.1) is 12.8 Å². The van der Waals surface area contributed by atoms with Crippen LogP contribution in [0.1, 0.15) is 45.0 Å². The molecule has 6 nitrogen and oxygen atoms in total. The molecule has 0 aliphatic rings. The number of anilines is 2. The first-order valence-electron chi connectivity index (χ1n) is 6.63. The van der Waals surface area contributed by atoms with Crippen LogP contribution in [0.3, 0.4) is 0 Å². The predicted octanol–water partition coefficient (Wildman–Crippen LogP) is 1.62. The van der Waals surface area contributed by atoms with Gasteiger partial charge in [0.1, 0.15) is 17.5 Å². The van der Waals surface area contributed by atoms with Crippen molar-refractivity contribution in [2.45, 2.75) is 46.6 Å². The Morgan fingerprint density at radius 2 is 1.74 bits per heavy atom. The SMILES string of the molecule is Cc1c(NN)nc(C(C)C)nc1N[C@H](CO)C(C)C. The van der Waals surface area contributed by atoms with Gasteiger partial charge in [-0.3, -0.25) is 0 Å². The molecule has 0 amide bonds. The van der Waals surface area contributed by atoms with Crippen molar-refractivity contribution in [2.75, 3.05) is 17.3 Å². The molecular formula is C13H25N5O. The van der Waals surface area contributed by atoms with Crippen LogP contribution in [0.5, 0.6) is 0 Å². The molecule has 0 saturated heterocycles. The van der Waals surface area contributed by atoms with Crippen molar-refractivity contribution in [3.8, 4) is 0 Å². The molecule has 19 heavy (non-hydrogen) atoms. The van der Waals surface area contributed by atoms with Crippen molar-refractivity contribution in [3.05, 3.63) is 11.4 Å². The summed E-state index contributed by atoms with van der Waals surface area (Å²) in [4.78, 5) is 8.90. The van der Waals surface area contributed by atoms with Gasteiger partial charge in [0.05, 0.1) is 12.6 Å². The van der Waals surface area contributed by atoms with Gasteiger partial charge in [-0.05, 0) is 12.8 Å². The number of aromatic nitrogens is 2. The Morgan fingerprint density at radius 1 is 1.16 bits per heavy atom. The minimum Gasteiger partial charge on any atom is -0.394 e. The second kappa shape index (κ2) is 6.68. The van der Waals surface area contributed by atoms with Gasteiger partial charge < -0.3 is 15.8 Å². The summed E-state index contributed by atoms with van der Waals surface area (Å²) < 4.78 is 0. The number of hydrogen-bond acceptors (Lipinski definition) is 6. The van der Waals surface area contributed by atoms with Crippen LogP contribution in [-0.4, -0.2) is 27.7 Å². The Morgan fingerprint density at radius 3 is 2.16 bits per heavy atom. The number of rotatable bonds is 6. The van der Waals surface area contributed by atoms with E-state index in [4.69, 9.17) is 5.84 Å². The van der Waals surface area contributed by atoms with Crippen LogP contribution in [0.15, 0.2) is 0 Å². The molecular weight excluding hydrogens is 242 g/mol. The lowest BCUT2D eigenvalue weighted by Gasteiger charge is -2.23. The second-order valence-corrected chi connectivity index (χ2v) is 5.38. The summed E-state index contributed by atoms with van der Waals surface area (Å²) in [6.07, 6.45) is 0. The van der Waals surface area contributed by atoms with E-state index in [-0.39, 0.29) is 18.6 Å². The highest BCUT2D eigenvalue weighted by Crippen LogP contribution is 2.23. The van der Waals surface area contributed by atoms with E-state index in [1.54, 1.807) is 0 Å². The predicted molar refractivity (Wildman–Crippen MR) is 78.0 cm³/mol. The van der Waals surface area contributed by atoms with Gasteiger partial charge in [-0.15, -0.1) is 0 Å². The lowest BCUT2D eigenvalue weighted by molar-refractivity contribution is 0.249. The molecule has 0 spiro atoms. The van der Waals surface area contributed by atoms with E-state index in [2.05, 4.69) is 34.6 Å². The van der Waals surface area contributed by atoms with E-state index in [0.717, 1.165) is 17.2 Å². The maximum atomic E-state index is 9.41. The average molecular weight is 267 g/mol. The van der Waals surface area contributed by atoms with E-state index >= 15 is 0 Å². The third-order valence-corrected chi connectivity index (χ3v) is 3.14. The number of hydrazine groups is 1. The van der Waals surface area contributed by atoms with Crippen LogP contribution in [-0.2, 0) is 0 Å². The van der Waals surface area contributed by atoms with Crippen molar-refractivity contribution >= 4 is 11.6 Å². The molecule has 0 saturated carbocycles. The van der Waals surface area contributed by atoms with E-state index in [1.165, 1.54) is 0 Å². The zero-order valence-electron chi connectivity index (χ0n) is 12.4. The summed E-state index contributed by atoms with van der Waals surface area (Å²) in [5.74, 6) is 8.06. The first kappa shape index (κ1) is 15.7. The molecule has 1 aromatic heterocycles. The number of nitrogen functional groups attached to an aromatic ring is 1. The Kier molecular flexibility index (Phi) is 5.50. The van der Waals surface area contributed by atoms with Gasteiger partial charge in [0, 0.05) is 11.5 Å². The van der Waals surface area contributed by atoms with Crippen molar-refractivity contribution < 1.29 is 5.11 Å². The minimum atomic E-state index is -0.0424. The topological polar surface area (TPSA) is 96.1 Å². The molecule has 6 heteroatoms. The minimum absolute atomic E-state index is 0.0424. The monoisotopic (exact) mass is 267 g/mol. The molecule has 0 aliphatic heterocycles. The lowest BCUT2D eigenvalue weighted by atomic mass is 10.1. The normalized spacial score (nSPS) is 12.9. The zero-order valence-corrected chi connectivity index (χ0v) is 12.4. The van der Waals surface area contributed by atoms with Crippen molar-refractivity contribution in [3.63, 3.8) is 0 Å². The van der Waals surface area contributed by atoms with Gasteiger partial charge in [0.25, 0.3) is 0 Å². The zero-order chi connectivity index (χ0) is 14.6. The third-order valence-electron chi connectivity index (χ3n) is 3.14. The van der Waals surface area contributed by atoms with Gasteiger partial charge in [0.2, 0.25) is 0 Å². The molecule has 5 N–H and O–H groups in total. The second-order valence-electron chi connectivity index (χ2n) is 5.38. The molecule has 0 aliphatic carbocycles. The average Bonchev–Trinajstić information content (AvgIpc) is 2.36. The van der Waals surface area contributed by atoms with Gasteiger partial charge >= 0.3 is 0 Å². The smallest absolute Gasteiger partial charge is 0.148 e. The largest absolute Gasteiger partial charge is 0.394 e. The number of hydrogen-bond donors (Lipinski definition) is 4. The number of aliphatic hydroxyl groups excluding tert-OH is 1. The van der Waals surface area contributed by atoms with Crippen molar-refractivity contribution in [2.24, 2.45) is 11.8 Å². The highest BCUT2D eigenvalue weighted by Gasteiger charge is 2.17. The van der Waals surface area contributed by atoms with Crippen molar-refractivity contribution in [1.29, 1.82) is 0 Å². The fourth-order valence-corrected chi connectivity index (χ4v) is 1.67. The van der Waals surface area contributed by atoms with Crippen molar-refractivity contribution in [1.82, 2.24) is 9.97 Å². The molecule has 108 valence electrons. The summed E-state index contributed by atoms with van der Waals surface area (Å²) in [6, 6.07) is -0.0424. The van der Waals surface area contributed by atoms with E-state index in [1.807, 2.05) is 20.8 Å². The van der Waals surface area contributed by atoms with Crippen LogP contribution >= 0.6 is 0 Å². The summed E-state index contributed by atoms with van der Waals surface area (Å²) in [7, 11) is 0. The van der Waals surface area contributed by atoms with Crippen LogP contribution < -0.4 is 16.6 Å². The lowest BCUT2D eigenvalue weighted by Crippen LogP contribution is -2.30. The summed E-state index contributed by atoms with van der Waals surface area (Å²) in [5, 5.41) is 12.7. The van der Waals surface area contributed by atoms with Gasteiger partial charge in [-0.25, -0.2) is 15.8 Å².